The van der Waals surface area contributed by atoms with E-state index in [2.05, 4.69) is 0 Å². The van der Waals surface area contributed by atoms with E-state index in [1.165, 1.54) is 19.9 Å². The molecule has 2 aromatic rings. The van der Waals surface area contributed by atoms with Crippen molar-refractivity contribution in [3.8, 4) is 5.75 Å². The number of fused-ring (bicyclic) bond motifs is 1. The summed E-state index contributed by atoms with van der Waals surface area (Å²) in [5.41, 5.74) is 0.498. The molecule has 0 aliphatic heterocycles. The Kier molecular flexibility index (Phi) is 9.79. The molecule has 10 nitrogen and oxygen atoms in total. The highest BCUT2D eigenvalue weighted by Crippen LogP contribution is 2.69. The van der Waals surface area contributed by atoms with E-state index in [0.29, 0.717) is 11.3 Å². The number of primary amides is 1. The lowest BCUT2D eigenvalue weighted by atomic mass is 10.0. The molecule has 35 heavy (non-hydrogen) atoms. The van der Waals surface area contributed by atoms with Crippen molar-refractivity contribution < 1.29 is 50.6 Å². The zero-order chi connectivity index (χ0) is 26.6. The van der Waals surface area contributed by atoms with Crippen LogP contribution in [0.3, 0.4) is 0 Å². The SMILES string of the molecule is CCOP(=O)(OCC)C(F)(F)c1sc2c(OCCCS(C)(=O)=O)cc(C(N)=O)cc2c1C(O)CO. The Morgan fingerprint density at radius 2 is 1.86 bits per heavy atom. The summed E-state index contributed by atoms with van der Waals surface area (Å²) in [4.78, 5) is 11.0. The fraction of sp³-hybridized carbons (Fsp3) is 0.550. The molecular formula is C20H28F2NO9PS2. The van der Waals surface area contributed by atoms with Crippen LogP contribution in [0.25, 0.3) is 10.1 Å². The predicted octanol–water partition coefficient (Wildman–Crippen LogP) is 3.15. The molecule has 0 radical (unpaired) electrons. The third-order valence-corrected chi connectivity index (χ3v) is 9.31. The number of halogens is 2. The first-order valence-electron chi connectivity index (χ1n) is 10.5. The topological polar surface area (TPSA) is 162 Å². The van der Waals surface area contributed by atoms with Gasteiger partial charge in [-0.1, -0.05) is 0 Å². The number of rotatable bonds is 14. The summed E-state index contributed by atoms with van der Waals surface area (Å²) in [5, 5.41) is 19.9. The maximum absolute atomic E-state index is 15.7. The molecule has 1 aromatic heterocycles. The van der Waals surface area contributed by atoms with Crippen LogP contribution in [-0.4, -0.2) is 63.0 Å². The molecule has 198 valence electrons. The van der Waals surface area contributed by atoms with Gasteiger partial charge in [-0.3, -0.25) is 9.36 Å². The number of thiophene rings is 1. The number of amides is 1. The normalized spacial score (nSPS) is 13.8. The van der Waals surface area contributed by atoms with Gasteiger partial charge in [-0.15, -0.1) is 11.3 Å². The average Bonchev–Trinajstić information content (AvgIpc) is 3.16. The monoisotopic (exact) mass is 559 g/mol. The van der Waals surface area contributed by atoms with E-state index in [1.54, 1.807) is 0 Å². The molecule has 15 heteroatoms. The van der Waals surface area contributed by atoms with Crippen molar-refractivity contribution in [3.05, 3.63) is 28.1 Å². The van der Waals surface area contributed by atoms with Gasteiger partial charge in [-0.05, 0) is 32.4 Å². The van der Waals surface area contributed by atoms with Crippen molar-refractivity contribution in [2.45, 2.75) is 32.0 Å². The number of aliphatic hydroxyl groups is 2. The quantitative estimate of drug-likeness (QED) is 0.233. The Balaban J connectivity index is 2.77. The summed E-state index contributed by atoms with van der Waals surface area (Å²) in [6, 6.07) is 2.35. The molecule has 1 atom stereocenters. The first-order chi connectivity index (χ1) is 16.2. The average molecular weight is 560 g/mol. The highest BCUT2D eigenvalue weighted by Gasteiger charge is 2.57. The Labute approximate surface area is 205 Å². The second kappa shape index (κ2) is 11.6. The molecular weight excluding hydrogens is 531 g/mol. The van der Waals surface area contributed by atoms with Crippen LogP contribution in [0.2, 0.25) is 0 Å². The van der Waals surface area contributed by atoms with E-state index in [-0.39, 0.29) is 53.4 Å². The molecule has 0 spiro atoms. The zero-order valence-electron chi connectivity index (χ0n) is 19.3. The molecule has 0 saturated heterocycles. The third kappa shape index (κ3) is 6.56. The van der Waals surface area contributed by atoms with Gasteiger partial charge in [0.05, 0.1) is 41.8 Å². The summed E-state index contributed by atoms with van der Waals surface area (Å²) in [5.74, 6) is -1.20. The van der Waals surface area contributed by atoms with Crippen molar-refractivity contribution in [1.82, 2.24) is 0 Å². The third-order valence-electron chi connectivity index (χ3n) is 4.72. The van der Waals surface area contributed by atoms with Crippen LogP contribution in [0, 0.1) is 0 Å². The largest absolute Gasteiger partial charge is 0.492 e. The number of carbonyl (C=O) groups is 1. The maximum Gasteiger partial charge on any atom is 0.405 e. The van der Waals surface area contributed by atoms with Crippen LogP contribution in [0.15, 0.2) is 12.1 Å². The first kappa shape index (κ1) is 29.6. The van der Waals surface area contributed by atoms with E-state index in [4.69, 9.17) is 19.5 Å². The van der Waals surface area contributed by atoms with Crippen molar-refractivity contribution >= 4 is 44.8 Å². The summed E-state index contributed by atoms with van der Waals surface area (Å²) in [6.45, 7) is 0.915. The first-order valence-corrected chi connectivity index (χ1v) is 14.9. The number of carbonyl (C=O) groups excluding carboxylic acids is 1. The van der Waals surface area contributed by atoms with Gasteiger partial charge >= 0.3 is 13.3 Å². The van der Waals surface area contributed by atoms with Crippen LogP contribution in [0.1, 0.15) is 47.2 Å². The van der Waals surface area contributed by atoms with Crippen LogP contribution in [0.4, 0.5) is 8.78 Å². The smallest absolute Gasteiger partial charge is 0.405 e. The molecule has 0 saturated carbocycles. The van der Waals surface area contributed by atoms with Crippen molar-refractivity contribution in [2.75, 3.05) is 38.4 Å². The Bertz CT molecular complexity index is 1210. The molecule has 1 aromatic carbocycles. The molecule has 1 unspecified atom stereocenters. The van der Waals surface area contributed by atoms with Gasteiger partial charge in [0.2, 0.25) is 5.91 Å². The highest BCUT2D eigenvalue weighted by molar-refractivity contribution is 7.90. The van der Waals surface area contributed by atoms with Gasteiger partial charge in [0, 0.05) is 22.8 Å². The molecule has 1 amide bonds. The standard InChI is InChI=1S/C20H28F2NO9PS2/c1-4-31-33(27,32-5-2)20(21,22)18-16(14(25)11-24)13-9-12(19(23)26)10-15(17(13)34-18)30-7-6-8-35(3,28)29/h9-10,14,24-25H,4-8,11H2,1-3H3,(H2,23,26). The van der Waals surface area contributed by atoms with Crippen LogP contribution in [0.5, 0.6) is 5.75 Å². The minimum Gasteiger partial charge on any atom is -0.492 e. The van der Waals surface area contributed by atoms with Gasteiger partial charge in [-0.25, -0.2) is 8.42 Å². The minimum atomic E-state index is -5.08. The van der Waals surface area contributed by atoms with Gasteiger partial charge < -0.3 is 29.7 Å². The second-order valence-electron chi connectivity index (χ2n) is 7.46. The number of sulfone groups is 1. The fourth-order valence-corrected chi connectivity index (χ4v) is 6.99. The van der Waals surface area contributed by atoms with Crippen molar-refractivity contribution in [1.29, 1.82) is 0 Å². The lowest BCUT2D eigenvalue weighted by Crippen LogP contribution is -2.20. The molecule has 0 aliphatic rings. The van der Waals surface area contributed by atoms with E-state index >= 15 is 8.78 Å². The molecule has 4 N–H and O–H groups in total. The Morgan fingerprint density at radius 3 is 2.34 bits per heavy atom. The number of nitrogens with two attached hydrogens (primary N) is 1. The molecule has 2 rings (SSSR count). The van der Waals surface area contributed by atoms with E-state index in [0.717, 1.165) is 12.3 Å². The number of ether oxygens (including phenoxy) is 1. The lowest BCUT2D eigenvalue weighted by molar-refractivity contribution is 0.0339. The van der Waals surface area contributed by atoms with Crippen LogP contribution >= 0.6 is 18.9 Å². The predicted molar refractivity (Wildman–Crippen MR) is 127 cm³/mol. The second-order valence-corrected chi connectivity index (χ2v) is 12.8. The van der Waals surface area contributed by atoms with Crippen LogP contribution < -0.4 is 10.5 Å². The summed E-state index contributed by atoms with van der Waals surface area (Å²) in [7, 11) is -8.36. The van der Waals surface area contributed by atoms with E-state index < -0.39 is 52.2 Å². The summed E-state index contributed by atoms with van der Waals surface area (Å²) in [6.07, 6.45) is -0.724. The number of alkyl halides is 2. The molecule has 0 bridgehead atoms. The Morgan fingerprint density at radius 1 is 1.26 bits per heavy atom. The highest BCUT2D eigenvalue weighted by atomic mass is 32.2. The maximum atomic E-state index is 15.7. The molecule has 0 fully saturated rings. The van der Waals surface area contributed by atoms with Gasteiger partial charge in [0.1, 0.15) is 21.7 Å². The van der Waals surface area contributed by atoms with Crippen molar-refractivity contribution in [2.24, 2.45) is 5.73 Å². The van der Waals surface area contributed by atoms with Gasteiger partial charge in [0.15, 0.2) is 0 Å². The van der Waals surface area contributed by atoms with E-state index in [9.17, 15) is 28.0 Å². The molecule has 1 heterocycles. The number of hydrogen-bond acceptors (Lipinski definition) is 10. The summed E-state index contributed by atoms with van der Waals surface area (Å²) >= 11 is 0.415. The van der Waals surface area contributed by atoms with E-state index in [1.807, 2.05) is 0 Å². The van der Waals surface area contributed by atoms with Crippen LogP contribution in [-0.2, 0) is 29.1 Å². The number of benzene rings is 1. The van der Waals surface area contributed by atoms with Gasteiger partial charge in [0.25, 0.3) is 0 Å². The zero-order valence-corrected chi connectivity index (χ0v) is 21.9. The van der Waals surface area contributed by atoms with Crippen molar-refractivity contribution in [3.63, 3.8) is 0 Å². The fourth-order valence-electron chi connectivity index (χ4n) is 3.25. The number of hydrogen-bond donors (Lipinski definition) is 3. The number of aliphatic hydroxyl groups excluding tert-OH is 2. The summed E-state index contributed by atoms with van der Waals surface area (Å²) < 4.78 is 82.5. The van der Waals surface area contributed by atoms with Gasteiger partial charge in [-0.2, -0.15) is 8.78 Å². The minimum absolute atomic E-state index is 0.0334. The Hall–Kier alpha value is -1.67. The lowest BCUT2D eigenvalue weighted by Gasteiger charge is -2.26. The molecule has 0 aliphatic carbocycles.